The van der Waals surface area contributed by atoms with Crippen molar-refractivity contribution in [2.24, 2.45) is 0 Å². The number of ether oxygens (including phenoxy) is 1. The highest BCUT2D eigenvalue weighted by Crippen LogP contribution is 2.52. The van der Waals surface area contributed by atoms with Crippen LogP contribution in [0, 0.1) is 6.92 Å². The second-order valence-electron chi connectivity index (χ2n) is 5.60. The zero-order valence-electron chi connectivity index (χ0n) is 11.4. The quantitative estimate of drug-likeness (QED) is 0.830. The van der Waals surface area contributed by atoms with E-state index in [1.807, 2.05) is 18.4 Å². The van der Waals surface area contributed by atoms with E-state index < -0.39 is 0 Å². The van der Waals surface area contributed by atoms with Gasteiger partial charge in [-0.3, -0.25) is 0 Å². The van der Waals surface area contributed by atoms with Crippen LogP contribution in [-0.2, 0) is 0 Å². The van der Waals surface area contributed by atoms with Gasteiger partial charge >= 0.3 is 0 Å². The third-order valence-corrected chi connectivity index (χ3v) is 4.57. The van der Waals surface area contributed by atoms with Crippen LogP contribution in [0.25, 0.3) is 5.65 Å². The maximum Gasteiger partial charge on any atom is 0.235 e. The van der Waals surface area contributed by atoms with Crippen LogP contribution in [0.1, 0.15) is 61.4 Å². The minimum Gasteiger partial charge on any atom is -0.477 e. The topological polar surface area (TPSA) is 52.3 Å². The molecule has 2 aromatic rings. The van der Waals surface area contributed by atoms with Gasteiger partial charge in [-0.05, 0) is 51.4 Å². The fourth-order valence-electron chi connectivity index (χ4n) is 3.74. The number of fused-ring (bicyclic) bond motifs is 3. The van der Waals surface area contributed by atoms with E-state index in [1.165, 1.54) is 36.8 Å². The van der Waals surface area contributed by atoms with Gasteiger partial charge in [0.15, 0.2) is 11.5 Å². The van der Waals surface area contributed by atoms with Crippen molar-refractivity contribution >= 4 is 5.65 Å². The van der Waals surface area contributed by atoms with E-state index in [0.29, 0.717) is 18.4 Å². The first-order valence-corrected chi connectivity index (χ1v) is 7.18. The summed E-state index contributed by atoms with van der Waals surface area (Å²) in [6.45, 7) is 4.61. The lowest BCUT2D eigenvalue weighted by Crippen LogP contribution is -2.25. The summed E-state index contributed by atoms with van der Waals surface area (Å²) in [4.78, 5) is 0. The molecule has 5 rings (SSSR count). The predicted octanol–water partition coefficient (Wildman–Crippen LogP) is 2.59. The number of hydrogen-bond acceptors (Lipinski definition) is 4. The third kappa shape index (κ3) is 1.44. The van der Waals surface area contributed by atoms with Crippen molar-refractivity contribution in [2.45, 2.75) is 51.4 Å². The molecular formula is C14H18N4O. The number of rotatable bonds is 2. The first-order valence-electron chi connectivity index (χ1n) is 7.18. The number of aromatic nitrogens is 4. The second-order valence-corrected chi connectivity index (χ2v) is 5.60. The van der Waals surface area contributed by atoms with Gasteiger partial charge in [0, 0.05) is 11.1 Å². The molecule has 0 N–H and O–H groups in total. The summed E-state index contributed by atoms with van der Waals surface area (Å²) in [5.41, 5.74) is 3.64. The molecule has 0 unspecified atom stereocenters. The van der Waals surface area contributed by atoms with E-state index in [-0.39, 0.29) is 0 Å². The van der Waals surface area contributed by atoms with Gasteiger partial charge in [0.25, 0.3) is 0 Å². The SMILES string of the molecule is CCOc1nn2c(C)nnc2c2c1C1CCC2CC1. The van der Waals surface area contributed by atoms with Crippen molar-refractivity contribution in [3.8, 4) is 5.88 Å². The Morgan fingerprint density at radius 3 is 2.47 bits per heavy atom. The molecule has 3 aliphatic carbocycles. The van der Waals surface area contributed by atoms with Crippen molar-refractivity contribution in [1.82, 2.24) is 19.8 Å². The Balaban J connectivity index is 2.06. The molecule has 0 amide bonds. The first kappa shape index (κ1) is 11.2. The Labute approximate surface area is 112 Å². The van der Waals surface area contributed by atoms with E-state index in [1.54, 1.807) is 0 Å². The Kier molecular flexibility index (Phi) is 2.31. The summed E-state index contributed by atoms with van der Waals surface area (Å²) in [5, 5.41) is 13.2. The van der Waals surface area contributed by atoms with Crippen LogP contribution >= 0.6 is 0 Å². The van der Waals surface area contributed by atoms with Crippen LogP contribution in [0.15, 0.2) is 0 Å². The number of hydrogen-bond donors (Lipinski definition) is 0. The Morgan fingerprint density at radius 2 is 1.79 bits per heavy atom. The van der Waals surface area contributed by atoms with Crippen LogP contribution in [-0.4, -0.2) is 26.4 Å². The van der Waals surface area contributed by atoms with Crippen LogP contribution in [0.2, 0.25) is 0 Å². The van der Waals surface area contributed by atoms with E-state index >= 15 is 0 Å². The highest BCUT2D eigenvalue weighted by atomic mass is 16.5. The highest BCUT2D eigenvalue weighted by Gasteiger charge is 2.38. The van der Waals surface area contributed by atoms with E-state index in [9.17, 15) is 0 Å². The van der Waals surface area contributed by atoms with Crippen LogP contribution in [0.4, 0.5) is 0 Å². The van der Waals surface area contributed by atoms with Gasteiger partial charge < -0.3 is 4.74 Å². The molecule has 1 fully saturated rings. The lowest BCUT2D eigenvalue weighted by molar-refractivity contribution is 0.291. The zero-order chi connectivity index (χ0) is 13.0. The van der Waals surface area contributed by atoms with Gasteiger partial charge in [0.05, 0.1) is 6.61 Å². The molecule has 1 saturated carbocycles. The normalized spacial score (nSPS) is 24.7. The summed E-state index contributed by atoms with van der Waals surface area (Å²) in [6, 6.07) is 0. The minimum absolute atomic E-state index is 0.607. The van der Waals surface area contributed by atoms with Crippen molar-refractivity contribution < 1.29 is 4.74 Å². The molecule has 0 aromatic carbocycles. The highest BCUT2D eigenvalue weighted by molar-refractivity contribution is 5.59. The van der Waals surface area contributed by atoms with Gasteiger partial charge in [-0.15, -0.1) is 15.3 Å². The van der Waals surface area contributed by atoms with Gasteiger partial charge in [0.1, 0.15) is 0 Å². The molecule has 5 nitrogen and oxygen atoms in total. The third-order valence-electron chi connectivity index (χ3n) is 4.57. The molecule has 2 aromatic heterocycles. The molecule has 3 aliphatic rings. The second kappa shape index (κ2) is 3.92. The summed E-state index contributed by atoms with van der Waals surface area (Å²) >= 11 is 0. The van der Waals surface area contributed by atoms with Gasteiger partial charge in [-0.1, -0.05) is 0 Å². The molecule has 2 bridgehead atoms. The van der Waals surface area contributed by atoms with Crippen molar-refractivity contribution in [3.63, 3.8) is 0 Å². The van der Waals surface area contributed by atoms with Gasteiger partial charge in [-0.25, -0.2) is 0 Å². The maximum atomic E-state index is 5.80. The van der Waals surface area contributed by atoms with E-state index in [4.69, 9.17) is 4.74 Å². The van der Waals surface area contributed by atoms with Crippen molar-refractivity contribution in [1.29, 1.82) is 0 Å². The maximum absolute atomic E-state index is 5.80. The summed E-state index contributed by atoms with van der Waals surface area (Å²) in [7, 11) is 0. The van der Waals surface area contributed by atoms with E-state index in [0.717, 1.165) is 17.4 Å². The first-order chi connectivity index (χ1) is 9.29. The summed E-state index contributed by atoms with van der Waals surface area (Å²) in [5.74, 6) is 2.87. The molecule has 5 heteroatoms. The fourth-order valence-corrected chi connectivity index (χ4v) is 3.74. The monoisotopic (exact) mass is 258 g/mol. The van der Waals surface area contributed by atoms with Crippen molar-refractivity contribution in [3.05, 3.63) is 17.0 Å². The predicted molar refractivity (Wildman–Crippen MR) is 70.6 cm³/mol. The lowest BCUT2D eigenvalue weighted by atomic mass is 9.67. The van der Waals surface area contributed by atoms with Crippen LogP contribution < -0.4 is 4.74 Å². The molecular weight excluding hydrogens is 240 g/mol. The Bertz CT molecular complexity index is 640. The number of nitrogens with zero attached hydrogens (tertiary/aromatic N) is 4. The molecule has 19 heavy (non-hydrogen) atoms. The Hall–Kier alpha value is -1.65. The van der Waals surface area contributed by atoms with Crippen molar-refractivity contribution in [2.75, 3.05) is 6.61 Å². The summed E-state index contributed by atoms with van der Waals surface area (Å²) < 4.78 is 7.65. The lowest BCUT2D eigenvalue weighted by Gasteiger charge is -2.38. The van der Waals surface area contributed by atoms with Gasteiger partial charge in [-0.2, -0.15) is 4.52 Å². The summed E-state index contributed by atoms with van der Waals surface area (Å²) in [6.07, 6.45) is 5.08. The minimum atomic E-state index is 0.607. The largest absolute Gasteiger partial charge is 0.477 e. The average Bonchev–Trinajstić information content (AvgIpc) is 2.82. The smallest absolute Gasteiger partial charge is 0.235 e. The standard InChI is InChI=1S/C14H18N4O/c1-3-19-14-12-10-6-4-9(5-7-10)11(12)13-16-15-8(2)18(13)17-14/h9-10H,3-7H2,1-2H3. The van der Waals surface area contributed by atoms with E-state index in [2.05, 4.69) is 15.3 Å². The van der Waals surface area contributed by atoms with Crippen LogP contribution in [0.5, 0.6) is 5.88 Å². The number of aryl methyl sites for hydroxylation is 1. The molecule has 100 valence electrons. The average molecular weight is 258 g/mol. The molecule has 2 heterocycles. The molecule has 0 spiro atoms. The molecule has 0 atom stereocenters. The fraction of sp³-hybridized carbons (Fsp3) is 0.643. The molecule has 0 radical (unpaired) electrons. The molecule has 0 saturated heterocycles. The van der Waals surface area contributed by atoms with Gasteiger partial charge in [0.2, 0.25) is 5.88 Å². The Morgan fingerprint density at radius 1 is 1.11 bits per heavy atom. The molecule has 0 aliphatic heterocycles. The van der Waals surface area contributed by atoms with Crippen LogP contribution in [0.3, 0.4) is 0 Å². The zero-order valence-corrected chi connectivity index (χ0v) is 11.4.